The second kappa shape index (κ2) is 7.55. The summed E-state index contributed by atoms with van der Waals surface area (Å²) in [7, 11) is 1.61. The lowest BCUT2D eigenvalue weighted by Crippen LogP contribution is -1.95. The molecule has 0 aliphatic heterocycles. The Morgan fingerprint density at radius 2 is 1.84 bits per heavy atom. The summed E-state index contributed by atoms with van der Waals surface area (Å²) in [5, 5.41) is 11.9. The summed E-state index contributed by atoms with van der Waals surface area (Å²) in [6, 6.07) is 22.1. The van der Waals surface area contributed by atoms with Gasteiger partial charge in [0.15, 0.2) is 11.5 Å². The minimum atomic E-state index is 0.574. The minimum Gasteiger partial charge on any atom is -0.493 e. The molecule has 0 aromatic heterocycles. The molecule has 3 aromatic rings. The van der Waals surface area contributed by atoms with Crippen LogP contribution in [0.1, 0.15) is 18.1 Å². The zero-order valence-electron chi connectivity index (χ0n) is 14.3. The normalized spacial score (nSPS) is 11.2. The first-order valence-corrected chi connectivity index (χ1v) is 8.17. The monoisotopic (exact) mass is 329 g/mol. The SMILES string of the molecule is CCOc1ccc(/C=C(/C#N)c2cccc3ccccc23)cc1OC. The Bertz CT molecular complexity index is 962. The zero-order valence-corrected chi connectivity index (χ0v) is 14.3. The number of ether oxygens (including phenoxy) is 2. The van der Waals surface area contributed by atoms with E-state index in [1.807, 2.05) is 73.7 Å². The fraction of sp³-hybridized carbons (Fsp3) is 0.136. The molecule has 0 fully saturated rings. The summed E-state index contributed by atoms with van der Waals surface area (Å²) in [4.78, 5) is 0. The van der Waals surface area contributed by atoms with E-state index in [0.717, 1.165) is 21.9 Å². The van der Waals surface area contributed by atoms with Crippen molar-refractivity contribution in [1.82, 2.24) is 0 Å². The molecule has 0 saturated heterocycles. The molecule has 0 saturated carbocycles. The summed E-state index contributed by atoms with van der Waals surface area (Å²) in [6.07, 6.45) is 1.88. The number of rotatable bonds is 5. The molecule has 3 heteroatoms. The minimum absolute atomic E-state index is 0.574. The molecule has 0 aliphatic rings. The van der Waals surface area contributed by atoms with Crippen molar-refractivity contribution in [2.75, 3.05) is 13.7 Å². The summed E-state index contributed by atoms with van der Waals surface area (Å²) in [5.41, 5.74) is 2.43. The largest absolute Gasteiger partial charge is 0.493 e. The number of hydrogen-bond donors (Lipinski definition) is 0. The first-order chi connectivity index (χ1) is 12.3. The highest BCUT2D eigenvalue weighted by atomic mass is 16.5. The maximum Gasteiger partial charge on any atom is 0.161 e. The van der Waals surface area contributed by atoms with E-state index in [0.29, 0.717) is 23.7 Å². The van der Waals surface area contributed by atoms with Gasteiger partial charge in [0.2, 0.25) is 0 Å². The number of methoxy groups -OCH3 is 1. The molecule has 0 aliphatic carbocycles. The first-order valence-electron chi connectivity index (χ1n) is 8.17. The van der Waals surface area contributed by atoms with Crippen LogP contribution in [0.4, 0.5) is 0 Å². The van der Waals surface area contributed by atoms with E-state index >= 15 is 0 Å². The third-order valence-corrected chi connectivity index (χ3v) is 4.00. The van der Waals surface area contributed by atoms with Crippen LogP contribution in [0.2, 0.25) is 0 Å². The Morgan fingerprint density at radius 1 is 1.04 bits per heavy atom. The van der Waals surface area contributed by atoms with Gasteiger partial charge in [-0.05, 0) is 41.5 Å². The van der Waals surface area contributed by atoms with Gasteiger partial charge < -0.3 is 9.47 Å². The molecule has 0 atom stereocenters. The van der Waals surface area contributed by atoms with Crippen LogP contribution in [0, 0.1) is 11.3 Å². The highest BCUT2D eigenvalue weighted by Gasteiger charge is 2.08. The lowest BCUT2D eigenvalue weighted by Gasteiger charge is -2.10. The lowest BCUT2D eigenvalue weighted by atomic mass is 9.97. The van der Waals surface area contributed by atoms with Crippen molar-refractivity contribution in [3.63, 3.8) is 0 Å². The van der Waals surface area contributed by atoms with E-state index in [-0.39, 0.29) is 0 Å². The van der Waals surface area contributed by atoms with Crippen molar-refractivity contribution in [3.05, 3.63) is 71.8 Å². The summed E-state index contributed by atoms with van der Waals surface area (Å²) >= 11 is 0. The van der Waals surface area contributed by atoms with Gasteiger partial charge in [-0.25, -0.2) is 0 Å². The molecule has 3 nitrogen and oxygen atoms in total. The Morgan fingerprint density at radius 3 is 2.60 bits per heavy atom. The van der Waals surface area contributed by atoms with Gasteiger partial charge in [0.1, 0.15) is 0 Å². The van der Waals surface area contributed by atoms with Crippen molar-refractivity contribution in [3.8, 4) is 17.6 Å². The molecule has 124 valence electrons. The fourth-order valence-corrected chi connectivity index (χ4v) is 2.85. The number of hydrogen-bond acceptors (Lipinski definition) is 3. The zero-order chi connectivity index (χ0) is 17.6. The van der Waals surface area contributed by atoms with Gasteiger partial charge in [-0.2, -0.15) is 5.26 Å². The highest BCUT2D eigenvalue weighted by Crippen LogP contribution is 2.31. The number of benzene rings is 3. The molecule has 0 N–H and O–H groups in total. The second-order valence-corrected chi connectivity index (χ2v) is 5.54. The molecule has 0 heterocycles. The van der Waals surface area contributed by atoms with Gasteiger partial charge in [-0.15, -0.1) is 0 Å². The Kier molecular flexibility index (Phi) is 5.01. The average molecular weight is 329 g/mol. The number of nitrogens with zero attached hydrogens (tertiary/aromatic N) is 1. The third kappa shape index (κ3) is 3.49. The van der Waals surface area contributed by atoms with Gasteiger partial charge in [0.05, 0.1) is 25.4 Å². The van der Waals surface area contributed by atoms with E-state index in [1.54, 1.807) is 7.11 Å². The average Bonchev–Trinajstić information content (AvgIpc) is 2.67. The van der Waals surface area contributed by atoms with E-state index < -0.39 is 0 Å². The van der Waals surface area contributed by atoms with Gasteiger partial charge in [-0.1, -0.05) is 48.5 Å². The molecule has 25 heavy (non-hydrogen) atoms. The van der Waals surface area contributed by atoms with Crippen molar-refractivity contribution >= 4 is 22.4 Å². The van der Waals surface area contributed by atoms with Crippen LogP contribution >= 0.6 is 0 Å². The van der Waals surface area contributed by atoms with Gasteiger partial charge in [0.25, 0.3) is 0 Å². The summed E-state index contributed by atoms with van der Waals surface area (Å²) in [5.74, 6) is 1.36. The molecule has 3 aromatic carbocycles. The number of allylic oxidation sites excluding steroid dienone is 1. The number of fused-ring (bicyclic) bond motifs is 1. The van der Waals surface area contributed by atoms with Crippen LogP contribution in [0.25, 0.3) is 22.4 Å². The van der Waals surface area contributed by atoms with Crippen LogP contribution in [-0.4, -0.2) is 13.7 Å². The van der Waals surface area contributed by atoms with Crippen LogP contribution in [0.15, 0.2) is 60.7 Å². The molecule has 0 amide bonds. The van der Waals surface area contributed by atoms with Crippen LogP contribution in [-0.2, 0) is 0 Å². The van der Waals surface area contributed by atoms with Crippen LogP contribution in [0.5, 0.6) is 11.5 Å². The maximum absolute atomic E-state index is 9.69. The van der Waals surface area contributed by atoms with Gasteiger partial charge >= 0.3 is 0 Å². The predicted octanol–water partition coefficient (Wildman–Crippen LogP) is 5.31. The lowest BCUT2D eigenvalue weighted by molar-refractivity contribution is 0.311. The molecular formula is C22H19NO2. The number of nitriles is 1. The van der Waals surface area contributed by atoms with Crippen molar-refractivity contribution in [1.29, 1.82) is 5.26 Å². The molecule has 3 rings (SSSR count). The van der Waals surface area contributed by atoms with Crippen LogP contribution < -0.4 is 9.47 Å². The fourth-order valence-electron chi connectivity index (χ4n) is 2.85. The topological polar surface area (TPSA) is 42.2 Å². The van der Waals surface area contributed by atoms with Crippen molar-refractivity contribution < 1.29 is 9.47 Å². The molecular weight excluding hydrogens is 310 g/mol. The standard InChI is InChI=1S/C22H19NO2/c1-3-25-21-12-11-16(14-22(21)24-2)13-18(15-23)20-10-6-8-17-7-4-5-9-19(17)20/h4-14H,3H2,1-2H3/b18-13-. The Balaban J connectivity index is 2.08. The Labute approximate surface area is 147 Å². The van der Waals surface area contributed by atoms with E-state index in [2.05, 4.69) is 6.07 Å². The molecule has 0 radical (unpaired) electrons. The summed E-state index contributed by atoms with van der Waals surface area (Å²) < 4.78 is 10.9. The van der Waals surface area contributed by atoms with E-state index in [1.165, 1.54) is 0 Å². The van der Waals surface area contributed by atoms with E-state index in [4.69, 9.17) is 9.47 Å². The molecule has 0 unspecified atom stereocenters. The quantitative estimate of drug-likeness (QED) is 0.470. The van der Waals surface area contributed by atoms with Gasteiger partial charge in [-0.3, -0.25) is 0 Å². The smallest absolute Gasteiger partial charge is 0.161 e. The maximum atomic E-state index is 9.69. The highest BCUT2D eigenvalue weighted by molar-refractivity contribution is 6.01. The third-order valence-electron chi connectivity index (χ3n) is 4.00. The van der Waals surface area contributed by atoms with Gasteiger partial charge in [0, 0.05) is 5.56 Å². The second-order valence-electron chi connectivity index (χ2n) is 5.54. The van der Waals surface area contributed by atoms with Crippen LogP contribution in [0.3, 0.4) is 0 Å². The Hall–Kier alpha value is -3.25. The molecule has 0 bridgehead atoms. The molecule has 0 spiro atoms. The summed E-state index contributed by atoms with van der Waals surface area (Å²) in [6.45, 7) is 2.51. The van der Waals surface area contributed by atoms with E-state index in [9.17, 15) is 5.26 Å². The van der Waals surface area contributed by atoms with Crippen molar-refractivity contribution in [2.24, 2.45) is 0 Å². The van der Waals surface area contributed by atoms with Crippen molar-refractivity contribution in [2.45, 2.75) is 6.92 Å². The first kappa shape index (κ1) is 16.6. The predicted molar refractivity (Wildman–Crippen MR) is 102 cm³/mol.